The second-order valence-electron chi connectivity index (χ2n) is 3.22. The summed E-state index contributed by atoms with van der Waals surface area (Å²) in [6, 6.07) is 3.72. The van der Waals surface area contributed by atoms with Gasteiger partial charge in [0.25, 0.3) is 0 Å². The Morgan fingerprint density at radius 1 is 1.44 bits per heavy atom. The van der Waals surface area contributed by atoms with Crippen molar-refractivity contribution in [1.82, 2.24) is 14.5 Å². The molecule has 0 amide bonds. The monoisotopic (exact) mass is 281 g/mol. The van der Waals surface area contributed by atoms with E-state index < -0.39 is 0 Å². The van der Waals surface area contributed by atoms with Crippen LogP contribution < -0.4 is 4.74 Å². The predicted molar refractivity (Wildman–Crippen MR) is 64.2 cm³/mol. The van der Waals surface area contributed by atoms with Crippen molar-refractivity contribution in [2.45, 2.75) is 20.1 Å². The van der Waals surface area contributed by atoms with Crippen LogP contribution in [0.25, 0.3) is 0 Å². The van der Waals surface area contributed by atoms with Crippen molar-refractivity contribution in [2.75, 3.05) is 0 Å². The van der Waals surface area contributed by atoms with Gasteiger partial charge in [0.15, 0.2) is 0 Å². The van der Waals surface area contributed by atoms with Gasteiger partial charge in [0.1, 0.15) is 22.8 Å². The van der Waals surface area contributed by atoms with Crippen molar-refractivity contribution in [3.05, 3.63) is 41.2 Å². The van der Waals surface area contributed by atoms with E-state index >= 15 is 0 Å². The Morgan fingerprint density at radius 3 is 3.00 bits per heavy atom. The summed E-state index contributed by atoms with van der Waals surface area (Å²) in [5, 5.41) is 0. The van der Waals surface area contributed by atoms with Gasteiger partial charge in [-0.25, -0.2) is 4.98 Å². The summed E-state index contributed by atoms with van der Waals surface area (Å²) >= 11 is 3.44. The van der Waals surface area contributed by atoms with Crippen LogP contribution in [-0.2, 0) is 13.2 Å². The van der Waals surface area contributed by atoms with Crippen molar-refractivity contribution in [3.63, 3.8) is 0 Å². The molecule has 0 bridgehead atoms. The SMILES string of the molecule is CCn1c(Br)cnc1COc1cccnc1. The van der Waals surface area contributed by atoms with Gasteiger partial charge in [-0.2, -0.15) is 0 Å². The van der Waals surface area contributed by atoms with E-state index in [1.54, 1.807) is 18.6 Å². The van der Waals surface area contributed by atoms with E-state index in [2.05, 4.69) is 37.4 Å². The Kier molecular flexibility index (Phi) is 3.56. The zero-order valence-electron chi connectivity index (χ0n) is 8.93. The Balaban J connectivity index is 2.05. The van der Waals surface area contributed by atoms with Gasteiger partial charge in [-0.1, -0.05) is 0 Å². The Labute approximate surface area is 102 Å². The molecule has 0 N–H and O–H groups in total. The highest BCUT2D eigenvalue weighted by atomic mass is 79.9. The maximum Gasteiger partial charge on any atom is 0.147 e. The molecule has 0 saturated heterocycles. The van der Waals surface area contributed by atoms with Crippen LogP contribution in [-0.4, -0.2) is 14.5 Å². The Morgan fingerprint density at radius 2 is 2.31 bits per heavy atom. The van der Waals surface area contributed by atoms with Gasteiger partial charge >= 0.3 is 0 Å². The van der Waals surface area contributed by atoms with Crippen molar-refractivity contribution < 1.29 is 4.74 Å². The van der Waals surface area contributed by atoms with Gasteiger partial charge in [0, 0.05) is 12.7 Å². The van der Waals surface area contributed by atoms with Crippen molar-refractivity contribution in [3.8, 4) is 5.75 Å². The van der Waals surface area contributed by atoms with E-state index in [1.807, 2.05) is 12.1 Å². The first-order valence-corrected chi connectivity index (χ1v) is 5.83. The third-order valence-corrected chi connectivity index (χ3v) is 2.84. The summed E-state index contributed by atoms with van der Waals surface area (Å²) in [4.78, 5) is 8.26. The molecule has 0 aliphatic rings. The molecule has 0 unspecified atom stereocenters. The molecule has 0 aliphatic heterocycles. The highest BCUT2D eigenvalue weighted by Crippen LogP contribution is 2.14. The lowest BCUT2D eigenvalue weighted by Crippen LogP contribution is -2.06. The molecular formula is C11H12BrN3O. The van der Waals surface area contributed by atoms with Crippen LogP contribution in [0.1, 0.15) is 12.7 Å². The third-order valence-electron chi connectivity index (χ3n) is 2.21. The second-order valence-corrected chi connectivity index (χ2v) is 4.03. The molecule has 2 rings (SSSR count). The number of hydrogen-bond acceptors (Lipinski definition) is 3. The second kappa shape index (κ2) is 5.12. The normalized spacial score (nSPS) is 10.4. The van der Waals surface area contributed by atoms with E-state index in [9.17, 15) is 0 Å². The molecule has 0 saturated carbocycles. The summed E-state index contributed by atoms with van der Waals surface area (Å²) in [5.41, 5.74) is 0. The van der Waals surface area contributed by atoms with Gasteiger partial charge in [-0.15, -0.1) is 0 Å². The average Bonchev–Trinajstić information content (AvgIpc) is 2.68. The lowest BCUT2D eigenvalue weighted by Gasteiger charge is -2.07. The van der Waals surface area contributed by atoms with E-state index in [4.69, 9.17) is 4.74 Å². The van der Waals surface area contributed by atoms with Crippen LogP contribution in [0.4, 0.5) is 0 Å². The summed E-state index contributed by atoms with van der Waals surface area (Å²) in [7, 11) is 0. The lowest BCUT2D eigenvalue weighted by atomic mass is 10.5. The smallest absolute Gasteiger partial charge is 0.147 e. The van der Waals surface area contributed by atoms with Crippen LogP contribution in [0.2, 0.25) is 0 Å². The minimum absolute atomic E-state index is 0.450. The maximum absolute atomic E-state index is 5.58. The average molecular weight is 282 g/mol. The van der Waals surface area contributed by atoms with Crippen LogP contribution in [0.15, 0.2) is 35.3 Å². The fraction of sp³-hybridized carbons (Fsp3) is 0.273. The van der Waals surface area contributed by atoms with Crippen LogP contribution in [0, 0.1) is 0 Å². The van der Waals surface area contributed by atoms with Gasteiger partial charge in [-0.05, 0) is 35.0 Å². The molecule has 2 aromatic heterocycles. The molecule has 0 radical (unpaired) electrons. The number of ether oxygens (including phenoxy) is 1. The van der Waals surface area contributed by atoms with E-state index in [-0.39, 0.29) is 0 Å². The summed E-state index contributed by atoms with van der Waals surface area (Å²) in [5.74, 6) is 1.66. The highest BCUT2D eigenvalue weighted by molar-refractivity contribution is 9.10. The fourth-order valence-corrected chi connectivity index (χ4v) is 1.98. The van der Waals surface area contributed by atoms with E-state index in [0.717, 1.165) is 22.7 Å². The molecule has 2 aromatic rings. The summed E-state index contributed by atoms with van der Waals surface area (Å²) in [6.07, 6.45) is 5.19. The molecular weight excluding hydrogens is 270 g/mol. The van der Waals surface area contributed by atoms with Crippen molar-refractivity contribution in [1.29, 1.82) is 0 Å². The quantitative estimate of drug-likeness (QED) is 0.865. The lowest BCUT2D eigenvalue weighted by molar-refractivity contribution is 0.288. The van der Waals surface area contributed by atoms with Crippen molar-refractivity contribution >= 4 is 15.9 Å². The Bertz CT molecular complexity index is 456. The number of pyridine rings is 1. The zero-order valence-corrected chi connectivity index (χ0v) is 10.5. The molecule has 4 nitrogen and oxygen atoms in total. The zero-order chi connectivity index (χ0) is 11.4. The highest BCUT2D eigenvalue weighted by Gasteiger charge is 2.06. The predicted octanol–water partition coefficient (Wildman–Crippen LogP) is 2.64. The van der Waals surface area contributed by atoms with Crippen LogP contribution >= 0.6 is 15.9 Å². The molecule has 5 heteroatoms. The Hall–Kier alpha value is -1.36. The molecule has 0 fully saturated rings. The first-order valence-electron chi connectivity index (χ1n) is 5.04. The number of rotatable bonds is 4. The van der Waals surface area contributed by atoms with Gasteiger partial charge < -0.3 is 9.30 Å². The molecule has 0 aromatic carbocycles. The molecule has 84 valence electrons. The molecule has 0 aliphatic carbocycles. The maximum atomic E-state index is 5.58. The topological polar surface area (TPSA) is 39.9 Å². The first kappa shape index (κ1) is 11.1. The molecule has 16 heavy (non-hydrogen) atoms. The number of halogens is 1. The molecule has 0 atom stereocenters. The summed E-state index contributed by atoms with van der Waals surface area (Å²) < 4.78 is 8.61. The first-order chi connectivity index (χ1) is 7.81. The van der Waals surface area contributed by atoms with Crippen LogP contribution in [0.5, 0.6) is 5.75 Å². The molecule has 2 heterocycles. The van der Waals surface area contributed by atoms with Crippen molar-refractivity contribution in [2.24, 2.45) is 0 Å². The largest absolute Gasteiger partial charge is 0.484 e. The number of aromatic nitrogens is 3. The van der Waals surface area contributed by atoms with E-state index in [0.29, 0.717) is 6.61 Å². The number of nitrogens with zero attached hydrogens (tertiary/aromatic N) is 3. The van der Waals surface area contributed by atoms with Gasteiger partial charge in [0.2, 0.25) is 0 Å². The molecule has 0 spiro atoms. The van der Waals surface area contributed by atoms with Crippen LogP contribution in [0.3, 0.4) is 0 Å². The number of imidazole rings is 1. The third kappa shape index (κ3) is 2.41. The minimum atomic E-state index is 0.450. The summed E-state index contributed by atoms with van der Waals surface area (Å²) in [6.45, 7) is 3.39. The minimum Gasteiger partial charge on any atom is -0.484 e. The van der Waals surface area contributed by atoms with E-state index in [1.165, 1.54) is 0 Å². The van der Waals surface area contributed by atoms with Gasteiger partial charge in [0.05, 0.1) is 12.4 Å². The number of hydrogen-bond donors (Lipinski definition) is 0. The van der Waals surface area contributed by atoms with Gasteiger partial charge in [-0.3, -0.25) is 4.98 Å². The fourth-order valence-electron chi connectivity index (χ4n) is 1.42. The standard InChI is InChI=1S/C11H12BrN3O/c1-2-15-10(12)7-14-11(15)8-16-9-4-3-5-13-6-9/h3-7H,2,8H2,1H3.